The first-order chi connectivity index (χ1) is 12.2. The number of amides is 1. The van der Waals surface area contributed by atoms with Crippen LogP contribution in [0.2, 0.25) is 0 Å². The molecule has 6 nitrogen and oxygen atoms in total. The summed E-state index contributed by atoms with van der Waals surface area (Å²) in [4.78, 5) is 16.4. The Hall–Kier alpha value is -3.15. The summed E-state index contributed by atoms with van der Waals surface area (Å²) in [7, 11) is 1.61. The van der Waals surface area contributed by atoms with Crippen molar-refractivity contribution in [3.8, 4) is 17.1 Å². The Morgan fingerprint density at radius 3 is 2.64 bits per heavy atom. The molecule has 1 N–H and O–H groups in total. The Bertz CT molecular complexity index is 856. The molecule has 3 rings (SSSR count). The van der Waals surface area contributed by atoms with Crippen LogP contribution in [0.3, 0.4) is 0 Å². The van der Waals surface area contributed by atoms with Crippen LogP contribution >= 0.6 is 0 Å². The summed E-state index contributed by atoms with van der Waals surface area (Å²) in [6, 6.07) is 15.2. The van der Waals surface area contributed by atoms with Crippen LogP contribution in [0, 0.1) is 6.92 Å². The smallest absolute Gasteiger partial charge is 0.246 e. The third-order valence-electron chi connectivity index (χ3n) is 3.81. The van der Waals surface area contributed by atoms with Gasteiger partial charge in [-0.3, -0.25) is 4.79 Å². The number of hydrogen-bond donors (Lipinski definition) is 1. The molecule has 0 aliphatic rings. The van der Waals surface area contributed by atoms with E-state index in [1.54, 1.807) is 7.11 Å². The number of aromatic nitrogens is 2. The number of benzene rings is 2. The molecule has 1 amide bonds. The van der Waals surface area contributed by atoms with Crippen molar-refractivity contribution in [2.24, 2.45) is 0 Å². The van der Waals surface area contributed by atoms with Crippen LogP contribution in [0.4, 0.5) is 0 Å². The van der Waals surface area contributed by atoms with E-state index in [1.807, 2.05) is 55.5 Å². The first-order valence-electron chi connectivity index (χ1n) is 7.94. The Labute approximate surface area is 145 Å². The minimum absolute atomic E-state index is 0.110. The standard InChI is InChI=1S/C19H19N3O3/c1-13-5-3-4-6-16(13)19-21-18(25-22-19)12-20-17(23)11-14-7-9-15(24-2)10-8-14/h3-10H,11-12H2,1-2H3,(H,20,23). The third-order valence-corrected chi connectivity index (χ3v) is 3.81. The fourth-order valence-corrected chi connectivity index (χ4v) is 2.43. The van der Waals surface area contributed by atoms with Gasteiger partial charge < -0.3 is 14.6 Å². The van der Waals surface area contributed by atoms with E-state index in [-0.39, 0.29) is 18.9 Å². The van der Waals surface area contributed by atoms with Crippen molar-refractivity contribution in [2.75, 3.05) is 7.11 Å². The number of rotatable bonds is 6. The molecule has 0 aliphatic carbocycles. The van der Waals surface area contributed by atoms with Gasteiger partial charge in [0.1, 0.15) is 5.75 Å². The summed E-state index contributed by atoms with van der Waals surface area (Å²) < 4.78 is 10.3. The molecule has 0 saturated heterocycles. The second-order valence-electron chi connectivity index (χ2n) is 5.63. The molecule has 0 radical (unpaired) electrons. The normalized spacial score (nSPS) is 10.5. The monoisotopic (exact) mass is 337 g/mol. The molecule has 1 heterocycles. The van der Waals surface area contributed by atoms with E-state index in [9.17, 15) is 4.79 Å². The zero-order valence-electron chi connectivity index (χ0n) is 14.2. The Balaban J connectivity index is 1.56. The van der Waals surface area contributed by atoms with Gasteiger partial charge in [0.15, 0.2) is 0 Å². The van der Waals surface area contributed by atoms with Crippen LogP contribution in [0.25, 0.3) is 11.4 Å². The van der Waals surface area contributed by atoms with Crippen LogP contribution in [0.5, 0.6) is 5.75 Å². The van der Waals surface area contributed by atoms with E-state index in [2.05, 4.69) is 15.5 Å². The predicted molar refractivity (Wildman–Crippen MR) is 93.0 cm³/mol. The van der Waals surface area contributed by atoms with E-state index in [0.29, 0.717) is 11.7 Å². The molecule has 6 heteroatoms. The molecule has 0 saturated carbocycles. The highest BCUT2D eigenvalue weighted by Gasteiger charge is 2.11. The zero-order valence-corrected chi connectivity index (χ0v) is 14.2. The van der Waals surface area contributed by atoms with Crippen LogP contribution in [0.15, 0.2) is 53.1 Å². The number of methoxy groups -OCH3 is 1. The van der Waals surface area contributed by atoms with Gasteiger partial charge in [-0.2, -0.15) is 4.98 Å². The molecular formula is C19H19N3O3. The quantitative estimate of drug-likeness (QED) is 0.748. The summed E-state index contributed by atoms with van der Waals surface area (Å²) in [5.41, 5.74) is 2.89. The van der Waals surface area contributed by atoms with Gasteiger partial charge in [0.25, 0.3) is 0 Å². The average molecular weight is 337 g/mol. The van der Waals surface area contributed by atoms with Gasteiger partial charge in [0.05, 0.1) is 20.1 Å². The molecule has 0 atom stereocenters. The number of nitrogens with zero attached hydrogens (tertiary/aromatic N) is 2. The number of ether oxygens (including phenoxy) is 1. The molecule has 0 spiro atoms. The fraction of sp³-hybridized carbons (Fsp3) is 0.211. The molecule has 0 fully saturated rings. The van der Waals surface area contributed by atoms with Crippen molar-refractivity contribution in [3.63, 3.8) is 0 Å². The average Bonchev–Trinajstić information content (AvgIpc) is 3.10. The molecule has 1 aromatic heterocycles. The summed E-state index contributed by atoms with van der Waals surface area (Å²) in [5, 5.41) is 6.77. The highest BCUT2D eigenvalue weighted by atomic mass is 16.5. The van der Waals surface area contributed by atoms with Crippen molar-refractivity contribution < 1.29 is 14.1 Å². The molecule has 0 unspecified atom stereocenters. The number of carbonyl (C=O) groups is 1. The largest absolute Gasteiger partial charge is 0.497 e. The summed E-state index contributed by atoms with van der Waals surface area (Å²) >= 11 is 0. The van der Waals surface area contributed by atoms with Crippen LogP contribution in [0.1, 0.15) is 17.0 Å². The Kier molecular flexibility index (Phi) is 5.09. The Morgan fingerprint density at radius 1 is 1.16 bits per heavy atom. The molecule has 3 aromatic rings. The fourth-order valence-electron chi connectivity index (χ4n) is 2.43. The lowest BCUT2D eigenvalue weighted by Gasteiger charge is -2.04. The van der Waals surface area contributed by atoms with Gasteiger partial charge in [0.2, 0.25) is 17.6 Å². The van der Waals surface area contributed by atoms with E-state index >= 15 is 0 Å². The van der Waals surface area contributed by atoms with Crippen LogP contribution < -0.4 is 10.1 Å². The molecule has 0 aliphatic heterocycles. The lowest BCUT2D eigenvalue weighted by Crippen LogP contribution is -2.24. The number of hydrogen-bond acceptors (Lipinski definition) is 5. The topological polar surface area (TPSA) is 77.2 Å². The van der Waals surface area contributed by atoms with Gasteiger partial charge >= 0.3 is 0 Å². The van der Waals surface area contributed by atoms with Crippen molar-refractivity contribution in [2.45, 2.75) is 19.9 Å². The Morgan fingerprint density at radius 2 is 1.92 bits per heavy atom. The van der Waals surface area contributed by atoms with Crippen LogP contribution in [-0.4, -0.2) is 23.2 Å². The highest BCUT2D eigenvalue weighted by molar-refractivity contribution is 5.78. The zero-order chi connectivity index (χ0) is 17.6. The third kappa shape index (κ3) is 4.23. The van der Waals surface area contributed by atoms with Gasteiger partial charge in [-0.05, 0) is 30.2 Å². The van der Waals surface area contributed by atoms with Gasteiger partial charge in [-0.25, -0.2) is 0 Å². The predicted octanol–water partition coefficient (Wildman–Crippen LogP) is 2.91. The van der Waals surface area contributed by atoms with Gasteiger partial charge in [0, 0.05) is 5.56 Å². The van der Waals surface area contributed by atoms with E-state index in [1.165, 1.54) is 0 Å². The van der Waals surface area contributed by atoms with Crippen molar-refractivity contribution in [3.05, 3.63) is 65.5 Å². The molecule has 2 aromatic carbocycles. The van der Waals surface area contributed by atoms with E-state index in [0.717, 1.165) is 22.4 Å². The van der Waals surface area contributed by atoms with Gasteiger partial charge in [-0.1, -0.05) is 41.6 Å². The lowest BCUT2D eigenvalue weighted by molar-refractivity contribution is -0.120. The molecule has 0 bridgehead atoms. The van der Waals surface area contributed by atoms with Gasteiger partial charge in [-0.15, -0.1) is 0 Å². The highest BCUT2D eigenvalue weighted by Crippen LogP contribution is 2.19. The molecule has 25 heavy (non-hydrogen) atoms. The second-order valence-corrected chi connectivity index (χ2v) is 5.63. The second kappa shape index (κ2) is 7.61. The van der Waals surface area contributed by atoms with Crippen molar-refractivity contribution in [1.82, 2.24) is 15.5 Å². The maximum absolute atomic E-state index is 12.0. The SMILES string of the molecule is COc1ccc(CC(=O)NCc2nc(-c3ccccc3C)no2)cc1. The molecule has 128 valence electrons. The van der Waals surface area contributed by atoms with E-state index in [4.69, 9.17) is 9.26 Å². The number of nitrogens with one attached hydrogen (secondary N) is 1. The molecular weight excluding hydrogens is 318 g/mol. The number of aryl methyl sites for hydroxylation is 1. The summed E-state index contributed by atoms with van der Waals surface area (Å²) in [6.45, 7) is 2.19. The minimum Gasteiger partial charge on any atom is -0.497 e. The lowest BCUT2D eigenvalue weighted by atomic mass is 10.1. The maximum Gasteiger partial charge on any atom is 0.246 e. The maximum atomic E-state index is 12.0. The van der Waals surface area contributed by atoms with Crippen molar-refractivity contribution >= 4 is 5.91 Å². The first-order valence-corrected chi connectivity index (χ1v) is 7.94. The first kappa shape index (κ1) is 16.7. The number of carbonyl (C=O) groups excluding carboxylic acids is 1. The van der Waals surface area contributed by atoms with Crippen molar-refractivity contribution in [1.29, 1.82) is 0 Å². The van der Waals surface area contributed by atoms with E-state index < -0.39 is 0 Å². The summed E-state index contributed by atoms with van der Waals surface area (Å²) in [5.74, 6) is 1.55. The van der Waals surface area contributed by atoms with Crippen LogP contribution in [-0.2, 0) is 17.8 Å². The minimum atomic E-state index is -0.110. The summed E-state index contributed by atoms with van der Waals surface area (Å²) in [6.07, 6.45) is 0.281.